The summed E-state index contributed by atoms with van der Waals surface area (Å²) >= 11 is 3.26. The Morgan fingerprint density at radius 2 is 1.85 bits per heavy atom. The number of carbonyl (C=O) groups excluding carboxylic acids is 1. The smallest absolute Gasteiger partial charge is 0.326 e. The first-order chi connectivity index (χ1) is 12.2. The summed E-state index contributed by atoms with van der Waals surface area (Å²) in [7, 11) is -3.10. The quantitative estimate of drug-likeness (QED) is 0.386. The number of carbonyl (C=O) groups is 1. The van der Waals surface area contributed by atoms with E-state index in [1.807, 2.05) is 0 Å². The molecule has 2 aromatic carbocycles. The van der Waals surface area contributed by atoms with Crippen LogP contribution in [0.2, 0.25) is 0 Å². The van der Waals surface area contributed by atoms with Gasteiger partial charge in [0, 0.05) is 16.6 Å². The fourth-order valence-corrected chi connectivity index (χ4v) is 4.12. The number of ether oxygens (including phenoxy) is 1. The molecule has 0 radical (unpaired) electrons. The van der Waals surface area contributed by atoms with Crippen LogP contribution in [0, 0.1) is 17.0 Å². The second kappa shape index (κ2) is 7.83. The van der Waals surface area contributed by atoms with Crippen LogP contribution in [0.5, 0.6) is 0 Å². The van der Waals surface area contributed by atoms with Gasteiger partial charge >= 0.3 is 5.97 Å². The molecule has 10 heteroatoms. The molecule has 2 rings (SSSR count). The summed E-state index contributed by atoms with van der Waals surface area (Å²) in [6, 6.07) is 9.81. The molecular weight excluding hydrogens is 428 g/mol. The van der Waals surface area contributed by atoms with E-state index in [4.69, 9.17) is 0 Å². The van der Waals surface area contributed by atoms with E-state index in [1.54, 1.807) is 12.1 Å². The minimum Gasteiger partial charge on any atom is -0.468 e. The molecule has 0 spiro atoms. The predicted molar refractivity (Wildman–Crippen MR) is 98.5 cm³/mol. The van der Waals surface area contributed by atoms with Crippen LogP contribution < -0.4 is 4.31 Å². The first kappa shape index (κ1) is 19.9. The number of benzene rings is 2. The van der Waals surface area contributed by atoms with Crippen LogP contribution in [-0.2, 0) is 19.6 Å². The first-order valence-corrected chi connectivity index (χ1v) is 9.50. The van der Waals surface area contributed by atoms with Crippen molar-refractivity contribution in [3.8, 4) is 0 Å². The fraction of sp³-hybridized carbons (Fsp3) is 0.188. The lowest BCUT2D eigenvalue weighted by Gasteiger charge is -2.24. The number of nitro benzene ring substituents is 1. The molecule has 138 valence electrons. The highest BCUT2D eigenvalue weighted by molar-refractivity contribution is 9.10. The van der Waals surface area contributed by atoms with E-state index in [1.165, 1.54) is 31.2 Å². The van der Waals surface area contributed by atoms with Gasteiger partial charge in [-0.3, -0.25) is 19.2 Å². The summed E-state index contributed by atoms with van der Waals surface area (Å²) in [5.41, 5.74) is 0.190. The number of halogens is 1. The van der Waals surface area contributed by atoms with E-state index >= 15 is 0 Å². The summed E-state index contributed by atoms with van der Waals surface area (Å²) in [5.74, 6) is -0.764. The lowest BCUT2D eigenvalue weighted by molar-refractivity contribution is -0.385. The number of nitrogens with zero attached hydrogens (tertiary/aromatic N) is 2. The van der Waals surface area contributed by atoms with Crippen LogP contribution >= 0.6 is 15.9 Å². The number of rotatable bonds is 6. The molecule has 0 heterocycles. The molecule has 8 nitrogen and oxygen atoms in total. The lowest BCUT2D eigenvalue weighted by atomic mass is 10.2. The maximum Gasteiger partial charge on any atom is 0.326 e. The van der Waals surface area contributed by atoms with Crippen molar-refractivity contribution in [2.75, 3.05) is 18.0 Å². The summed E-state index contributed by atoms with van der Waals surface area (Å²) in [6.07, 6.45) is 0. The summed E-state index contributed by atoms with van der Waals surface area (Å²) in [6.45, 7) is 0.955. The third kappa shape index (κ3) is 4.20. The van der Waals surface area contributed by atoms with E-state index in [9.17, 15) is 23.3 Å². The fourth-order valence-electron chi connectivity index (χ4n) is 2.20. The predicted octanol–water partition coefficient (Wildman–Crippen LogP) is 3.03. The van der Waals surface area contributed by atoms with Gasteiger partial charge in [0.1, 0.15) is 6.54 Å². The van der Waals surface area contributed by atoms with E-state index < -0.39 is 27.5 Å². The second-order valence-corrected chi connectivity index (χ2v) is 8.02. The Balaban J connectivity index is 2.62. The maximum atomic E-state index is 13.1. The number of methoxy groups -OCH3 is 1. The highest BCUT2D eigenvalue weighted by Gasteiger charge is 2.30. The topological polar surface area (TPSA) is 107 Å². The molecule has 0 aliphatic heterocycles. The highest BCUT2D eigenvalue weighted by atomic mass is 79.9. The van der Waals surface area contributed by atoms with Crippen molar-refractivity contribution in [2.24, 2.45) is 0 Å². The van der Waals surface area contributed by atoms with Crippen molar-refractivity contribution in [3.63, 3.8) is 0 Å². The second-order valence-electron chi connectivity index (χ2n) is 5.27. The van der Waals surface area contributed by atoms with Gasteiger partial charge in [0.2, 0.25) is 0 Å². The summed E-state index contributed by atoms with van der Waals surface area (Å²) < 4.78 is 32.5. The average Bonchev–Trinajstić information content (AvgIpc) is 2.60. The van der Waals surface area contributed by atoms with Crippen LogP contribution in [-0.4, -0.2) is 33.0 Å². The molecule has 0 aromatic heterocycles. The number of anilines is 1. The Kier molecular flexibility index (Phi) is 5.98. The SMILES string of the molecule is COC(=O)CN(c1ccc(Br)cc1)S(=O)(=O)c1cc([N+](=O)[O-])ccc1C. The van der Waals surface area contributed by atoms with Crippen molar-refractivity contribution in [2.45, 2.75) is 11.8 Å². The molecule has 0 saturated carbocycles. The van der Waals surface area contributed by atoms with Crippen LogP contribution in [0.15, 0.2) is 51.8 Å². The molecule has 0 atom stereocenters. The third-order valence-corrected chi connectivity index (χ3v) is 6.01. The van der Waals surface area contributed by atoms with Gasteiger partial charge in [0.25, 0.3) is 15.7 Å². The lowest BCUT2D eigenvalue weighted by Crippen LogP contribution is -2.36. The Hall–Kier alpha value is -2.46. The van der Waals surface area contributed by atoms with Gasteiger partial charge in [0.05, 0.1) is 22.6 Å². The highest BCUT2D eigenvalue weighted by Crippen LogP contribution is 2.29. The molecule has 0 bridgehead atoms. The van der Waals surface area contributed by atoms with Gasteiger partial charge in [-0.2, -0.15) is 0 Å². The molecule has 0 aliphatic rings. The van der Waals surface area contributed by atoms with Gasteiger partial charge < -0.3 is 4.74 Å². The van der Waals surface area contributed by atoms with Crippen LogP contribution in [0.1, 0.15) is 5.56 Å². The minimum atomic E-state index is -4.25. The number of hydrogen-bond acceptors (Lipinski definition) is 6. The third-order valence-electron chi connectivity index (χ3n) is 3.57. The number of non-ortho nitro benzene ring substituents is 1. The van der Waals surface area contributed by atoms with Gasteiger partial charge in [0.15, 0.2) is 0 Å². The molecule has 0 amide bonds. The van der Waals surface area contributed by atoms with Gasteiger partial charge in [-0.1, -0.05) is 22.0 Å². The van der Waals surface area contributed by atoms with Crippen LogP contribution in [0.4, 0.5) is 11.4 Å². The largest absolute Gasteiger partial charge is 0.468 e. The summed E-state index contributed by atoms with van der Waals surface area (Å²) in [4.78, 5) is 21.8. The Labute approximate surface area is 158 Å². The zero-order chi connectivity index (χ0) is 19.5. The standard InChI is InChI=1S/C16H15BrN2O6S/c1-11-3-6-14(19(21)22)9-15(11)26(23,24)18(10-16(20)25-2)13-7-4-12(17)5-8-13/h3-9H,10H2,1-2H3. The van der Waals surface area contributed by atoms with Gasteiger partial charge in [-0.15, -0.1) is 0 Å². The van der Waals surface area contributed by atoms with Crippen molar-refractivity contribution >= 4 is 43.3 Å². The van der Waals surface area contributed by atoms with E-state index in [-0.39, 0.29) is 16.3 Å². The van der Waals surface area contributed by atoms with E-state index in [0.29, 0.717) is 5.56 Å². The number of aryl methyl sites for hydroxylation is 1. The molecule has 0 N–H and O–H groups in total. The molecule has 0 aliphatic carbocycles. The number of esters is 1. The Morgan fingerprint density at radius 1 is 1.23 bits per heavy atom. The minimum absolute atomic E-state index is 0.226. The molecule has 0 unspecified atom stereocenters. The van der Waals surface area contributed by atoms with Gasteiger partial charge in [-0.05, 0) is 36.8 Å². The summed E-state index contributed by atoms with van der Waals surface area (Å²) in [5, 5.41) is 11.0. The van der Waals surface area contributed by atoms with Crippen molar-refractivity contribution in [1.29, 1.82) is 0 Å². The molecule has 2 aromatic rings. The number of hydrogen-bond donors (Lipinski definition) is 0. The van der Waals surface area contributed by atoms with Gasteiger partial charge in [-0.25, -0.2) is 8.42 Å². The van der Waals surface area contributed by atoms with Crippen molar-refractivity contribution < 1.29 is 22.9 Å². The zero-order valence-corrected chi connectivity index (χ0v) is 16.3. The Bertz CT molecular complexity index is 944. The monoisotopic (exact) mass is 442 g/mol. The molecular formula is C16H15BrN2O6S. The molecule has 26 heavy (non-hydrogen) atoms. The number of sulfonamides is 1. The van der Waals surface area contributed by atoms with E-state index in [2.05, 4.69) is 20.7 Å². The zero-order valence-electron chi connectivity index (χ0n) is 13.9. The van der Waals surface area contributed by atoms with Crippen LogP contribution in [0.3, 0.4) is 0 Å². The van der Waals surface area contributed by atoms with Crippen molar-refractivity contribution in [3.05, 3.63) is 62.6 Å². The van der Waals surface area contributed by atoms with Crippen LogP contribution in [0.25, 0.3) is 0 Å². The molecule has 0 fully saturated rings. The Morgan fingerprint density at radius 3 is 2.38 bits per heavy atom. The number of nitro groups is 1. The van der Waals surface area contributed by atoms with E-state index in [0.717, 1.165) is 22.0 Å². The maximum absolute atomic E-state index is 13.1. The normalized spacial score (nSPS) is 11.0. The van der Waals surface area contributed by atoms with Crippen molar-refractivity contribution in [1.82, 2.24) is 0 Å². The first-order valence-electron chi connectivity index (χ1n) is 7.27. The average molecular weight is 443 g/mol. The molecule has 0 saturated heterocycles.